The molecular weight excluding hydrogens is 434 g/mol. The molecule has 0 heterocycles. The minimum atomic E-state index is -1.32. The van der Waals surface area contributed by atoms with E-state index in [2.05, 4.69) is 10.6 Å². The number of amides is 1. The van der Waals surface area contributed by atoms with Crippen molar-refractivity contribution in [1.82, 2.24) is 5.32 Å². The average Bonchev–Trinajstić information content (AvgIpc) is 2.77. The molecule has 0 fully saturated rings. The van der Waals surface area contributed by atoms with Crippen LogP contribution in [0.5, 0.6) is 0 Å². The van der Waals surface area contributed by atoms with E-state index in [0.29, 0.717) is 28.1 Å². The molecule has 166 valence electrons. The number of ketones is 1. The van der Waals surface area contributed by atoms with Crippen molar-refractivity contribution < 1.29 is 19.9 Å². The lowest BCUT2D eigenvalue weighted by Crippen LogP contribution is -2.96. The highest BCUT2D eigenvalue weighted by molar-refractivity contribution is 6.35. The lowest BCUT2D eigenvalue weighted by atomic mass is 9.96. The second-order valence-electron chi connectivity index (χ2n) is 6.99. The van der Waals surface area contributed by atoms with Gasteiger partial charge < -0.3 is 31.4 Å². The van der Waals surface area contributed by atoms with Crippen LogP contribution in [-0.2, 0) is 0 Å². The first-order valence-corrected chi connectivity index (χ1v) is 10.1. The van der Waals surface area contributed by atoms with Gasteiger partial charge in [-0.3, -0.25) is 9.59 Å². The van der Waals surface area contributed by atoms with Crippen molar-refractivity contribution in [3.63, 3.8) is 0 Å². The number of nitrogens with one attached hydrogen (secondary N) is 3. The number of aliphatic hydroxyl groups excluding tert-OH is 1. The first-order chi connectivity index (χ1) is 15.3. The van der Waals surface area contributed by atoms with Crippen LogP contribution in [0.2, 0.25) is 5.02 Å². The minimum Gasteiger partial charge on any atom is -0.628 e. The normalized spacial score (nSPS) is 10.8. The van der Waals surface area contributed by atoms with E-state index in [-0.39, 0.29) is 35.2 Å². The van der Waals surface area contributed by atoms with Crippen LogP contribution in [-0.4, -0.2) is 29.9 Å². The zero-order valence-electron chi connectivity index (χ0n) is 17.1. The van der Waals surface area contributed by atoms with Crippen molar-refractivity contribution in [3.05, 3.63) is 98.4 Å². The summed E-state index contributed by atoms with van der Waals surface area (Å²) in [6.45, 7) is 1.67. The number of anilines is 2. The summed E-state index contributed by atoms with van der Waals surface area (Å²) in [7, 11) is 0. The summed E-state index contributed by atoms with van der Waals surface area (Å²) < 4.78 is 0. The smallest absolute Gasteiger partial charge is 0.251 e. The second-order valence-corrected chi connectivity index (χ2v) is 7.40. The van der Waals surface area contributed by atoms with Crippen LogP contribution in [0.25, 0.3) is 0 Å². The standard InChI is InChI=1S/C23H21ClN3O5/c1-14-6-7-15(23(30)25-10-11-28)12-18(14)22(29)17-9-8-16(13-19(17)24)26-20-4-2-3-5-21(20)27(31)32/h2-9,12-13,26-28H,10-11H2,1H3,(H,25,30)/q-1. The summed E-state index contributed by atoms with van der Waals surface area (Å²) in [5.41, 5.74) is 2.36. The van der Waals surface area contributed by atoms with E-state index in [0.717, 1.165) is 0 Å². The summed E-state index contributed by atoms with van der Waals surface area (Å²) in [5, 5.41) is 35.8. The van der Waals surface area contributed by atoms with E-state index in [1.54, 1.807) is 43.3 Å². The quantitative estimate of drug-likeness (QED) is 0.306. The molecule has 0 aromatic heterocycles. The Hall–Kier alpha value is -3.27. The average molecular weight is 455 g/mol. The number of hydrogen-bond acceptors (Lipinski definition) is 6. The highest BCUT2D eigenvalue weighted by Gasteiger charge is 2.18. The third-order valence-electron chi connectivity index (χ3n) is 4.78. The molecule has 32 heavy (non-hydrogen) atoms. The number of carbonyl (C=O) groups excluding carboxylic acids is 2. The summed E-state index contributed by atoms with van der Waals surface area (Å²) >= 11 is 6.37. The highest BCUT2D eigenvalue weighted by atomic mass is 35.5. The fourth-order valence-corrected chi connectivity index (χ4v) is 3.39. The molecular formula is C23H21ClN3O5-. The number of carbonyl (C=O) groups is 2. The Morgan fingerprint density at radius 2 is 1.78 bits per heavy atom. The van der Waals surface area contributed by atoms with E-state index in [9.17, 15) is 20.0 Å². The number of aliphatic hydroxyl groups is 1. The van der Waals surface area contributed by atoms with Crippen LogP contribution in [0.1, 0.15) is 31.8 Å². The molecule has 0 aliphatic heterocycles. The third-order valence-corrected chi connectivity index (χ3v) is 5.09. The molecule has 0 radical (unpaired) electrons. The topological polar surface area (TPSA) is 129 Å². The molecule has 1 amide bonds. The van der Waals surface area contributed by atoms with Gasteiger partial charge in [-0.25, -0.2) is 0 Å². The molecule has 3 aromatic rings. The first-order valence-electron chi connectivity index (χ1n) is 9.73. The predicted octanol–water partition coefficient (Wildman–Crippen LogP) is 2.86. The summed E-state index contributed by atoms with van der Waals surface area (Å²) in [6, 6.07) is 15.7. The fraction of sp³-hybridized carbons (Fsp3) is 0.130. The van der Waals surface area contributed by atoms with Crippen LogP contribution in [0.4, 0.5) is 17.1 Å². The van der Waals surface area contributed by atoms with Crippen molar-refractivity contribution in [2.75, 3.05) is 18.5 Å². The molecule has 9 heteroatoms. The number of halogens is 1. The lowest BCUT2D eigenvalue weighted by Gasteiger charge is -2.27. The van der Waals surface area contributed by atoms with Crippen LogP contribution in [0.15, 0.2) is 60.7 Å². The number of para-hydroxylation sites is 1. The van der Waals surface area contributed by atoms with Crippen molar-refractivity contribution in [2.24, 2.45) is 0 Å². The Kier molecular flexibility index (Phi) is 7.57. The zero-order valence-corrected chi connectivity index (χ0v) is 17.9. The second kappa shape index (κ2) is 10.4. The maximum atomic E-state index is 13.1. The van der Waals surface area contributed by atoms with E-state index in [1.165, 1.54) is 24.3 Å². The molecule has 3 aromatic carbocycles. The SMILES string of the molecule is Cc1ccc(C(=O)NCCO)cc1C(=O)c1ccc(Nc2ccccc2[NH+]([O-])[O-])cc1Cl. The van der Waals surface area contributed by atoms with Crippen molar-refractivity contribution in [3.8, 4) is 0 Å². The van der Waals surface area contributed by atoms with Gasteiger partial charge in [0, 0.05) is 35.0 Å². The largest absolute Gasteiger partial charge is 0.628 e. The molecule has 0 saturated heterocycles. The summed E-state index contributed by atoms with van der Waals surface area (Å²) in [6.07, 6.45) is 0. The predicted molar refractivity (Wildman–Crippen MR) is 123 cm³/mol. The zero-order chi connectivity index (χ0) is 23.3. The number of hydrogen-bond donors (Lipinski definition) is 4. The van der Waals surface area contributed by atoms with E-state index >= 15 is 0 Å². The Morgan fingerprint density at radius 1 is 1.03 bits per heavy atom. The molecule has 0 atom stereocenters. The molecule has 4 N–H and O–H groups in total. The van der Waals surface area contributed by atoms with Crippen LogP contribution < -0.4 is 15.9 Å². The Bertz CT molecular complexity index is 1150. The Morgan fingerprint density at radius 3 is 2.47 bits per heavy atom. The molecule has 0 aliphatic carbocycles. The minimum absolute atomic E-state index is 0.00399. The highest BCUT2D eigenvalue weighted by Crippen LogP contribution is 2.28. The fourth-order valence-electron chi connectivity index (χ4n) is 3.13. The maximum Gasteiger partial charge on any atom is 0.251 e. The number of benzene rings is 3. The van der Waals surface area contributed by atoms with Crippen molar-refractivity contribution in [1.29, 1.82) is 0 Å². The van der Waals surface area contributed by atoms with Gasteiger partial charge in [-0.2, -0.15) is 0 Å². The van der Waals surface area contributed by atoms with Crippen LogP contribution >= 0.6 is 11.6 Å². The van der Waals surface area contributed by atoms with E-state index in [1.807, 2.05) is 0 Å². The third kappa shape index (κ3) is 5.31. The Balaban J connectivity index is 1.87. The molecule has 0 saturated carbocycles. The van der Waals surface area contributed by atoms with Crippen LogP contribution in [0, 0.1) is 17.3 Å². The summed E-state index contributed by atoms with van der Waals surface area (Å²) in [4.78, 5) is 25.3. The first kappa shape index (κ1) is 23.4. The van der Waals surface area contributed by atoms with Gasteiger partial charge in [0.1, 0.15) is 5.69 Å². The van der Waals surface area contributed by atoms with Gasteiger partial charge in [0.05, 0.1) is 11.6 Å². The van der Waals surface area contributed by atoms with Gasteiger partial charge in [-0.05, 0) is 48.9 Å². The monoisotopic (exact) mass is 454 g/mol. The van der Waals surface area contributed by atoms with Gasteiger partial charge in [-0.1, -0.05) is 29.8 Å². The Labute approximate surface area is 189 Å². The van der Waals surface area contributed by atoms with Crippen molar-refractivity contribution >= 4 is 40.4 Å². The number of quaternary nitrogens is 1. The molecule has 0 bridgehead atoms. The van der Waals surface area contributed by atoms with Crippen molar-refractivity contribution in [2.45, 2.75) is 6.92 Å². The van der Waals surface area contributed by atoms with Gasteiger partial charge in [0.15, 0.2) is 11.5 Å². The lowest BCUT2D eigenvalue weighted by molar-refractivity contribution is -0.714. The maximum absolute atomic E-state index is 13.1. The van der Waals surface area contributed by atoms with E-state index in [4.69, 9.17) is 16.7 Å². The molecule has 0 unspecified atom stereocenters. The molecule has 0 spiro atoms. The van der Waals surface area contributed by atoms with E-state index < -0.39 is 11.1 Å². The molecule has 0 aliphatic rings. The summed E-state index contributed by atoms with van der Waals surface area (Å²) in [5.74, 6) is -0.753. The van der Waals surface area contributed by atoms with Gasteiger partial charge in [-0.15, -0.1) is 0 Å². The van der Waals surface area contributed by atoms with Gasteiger partial charge >= 0.3 is 0 Å². The van der Waals surface area contributed by atoms with Gasteiger partial charge in [0.2, 0.25) is 0 Å². The number of aryl methyl sites for hydroxylation is 1. The van der Waals surface area contributed by atoms with Gasteiger partial charge in [0.25, 0.3) is 5.91 Å². The molecule has 3 rings (SSSR count). The molecule has 8 nitrogen and oxygen atoms in total. The number of rotatable bonds is 8. The van der Waals surface area contributed by atoms with Crippen LogP contribution in [0.3, 0.4) is 0 Å².